The molecule has 0 aliphatic carbocycles. The van der Waals surface area contributed by atoms with Crippen molar-refractivity contribution in [2.75, 3.05) is 13.1 Å². The van der Waals surface area contributed by atoms with Crippen LogP contribution in [0, 0.1) is 6.92 Å². The van der Waals surface area contributed by atoms with Crippen molar-refractivity contribution in [3.63, 3.8) is 0 Å². The number of aryl methyl sites for hydroxylation is 1. The van der Waals surface area contributed by atoms with Gasteiger partial charge in [0.25, 0.3) is 11.5 Å². The maximum atomic E-state index is 13.7. The van der Waals surface area contributed by atoms with Crippen molar-refractivity contribution in [3.8, 4) is 0 Å². The van der Waals surface area contributed by atoms with Crippen molar-refractivity contribution in [2.45, 2.75) is 39.3 Å². The molecular formula is C26H29BrClN5O2S. The number of nitrogens with two attached hydrogens (primary N) is 1. The molecule has 2 aromatic carbocycles. The van der Waals surface area contributed by atoms with Gasteiger partial charge >= 0.3 is 1.43 Å². The first kappa shape index (κ1) is 28.0. The van der Waals surface area contributed by atoms with Gasteiger partial charge in [-0.05, 0) is 67.7 Å². The molecule has 7 nitrogen and oxygen atoms in total. The average molecular weight is 591 g/mol. The van der Waals surface area contributed by atoms with E-state index in [1.54, 1.807) is 21.6 Å². The zero-order valence-electron chi connectivity index (χ0n) is 21.2. The molecule has 2 heterocycles. The molecule has 0 saturated heterocycles. The van der Waals surface area contributed by atoms with E-state index in [0.29, 0.717) is 59.8 Å². The third kappa shape index (κ3) is 5.86. The van der Waals surface area contributed by atoms with E-state index in [1.165, 1.54) is 11.5 Å². The Balaban J connectivity index is 0.00000241. The standard InChI is InChI=1S/C26H28BrN5O2S.ClH/c1-3-21(31(15-7-14-28)25(33)19-10-12-20(27)13-11-19)23-29-24-22(17(2)30-35-24)26(34)32(23)16-18-8-5-4-6-9-18;/h4-6,8-13,21H,3,7,14-16,28H2,1-2H3;1H. The lowest BCUT2D eigenvalue weighted by Gasteiger charge is -2.32. The lowest BCUT2D eigenvalue weighted by atomic mass is 10.1. The van der Waals surface area contributed by atoms with Gasteiger partial charge in [0.15, 0.2) is 4.83 Å². The Morgan fingerprint density at radius 2 is 1.89 bits per heavy atom. The molecule has 0 saturated carbocycles. The van der Waals surface area contributed by atoms with Crippen LogP contribution in [0.15, 0.2) is 63.9 Å². The first-order valence-corrected chi connectivity index (χ1v) is 13.2. The van der Waals surface area contributed by atoms with Gasteiger partial charge < -0.3 is 23.0 Å². The SMILES string of the molecule is CCC(c1nc2snc(C)c2c(=O)n1Cc1ccccc1)N(CCCN)C(=O)c1ccc(Br)cc1.[Cl-].[H+]. The van der Waals surface area contributed by atoms with Gasteiger partial charge in [0.05, 0.1) is 23.7 Å². The third-order valence-corrected chi connectivity index (χ3v) is 7.36. The van der Waals surface area contributed by atoms with Crippen molar-refractivity contribution in [2.24, 2.45) is 5.73 Å². The molecule has 1 unspecified atom stereocenters. The van der Waals surface area contributed by atoms with Crippen LogP contribution in [0.5, 0.6) is 0 Å². The molecule has 1 atom stereocenters. The van der Waals surface area contributed by atoms with Crippen LogP contribution < -0.4 is 23.7 Å². The zero-order valence-corrected chi connectivity index (χ0v) is 23.3. The van der Waals surface area contributed by atoms with Gasteiger partial charge in [0, 0.05) is 16.6 Å². The summed E-state index contributed by atoms with van der Waals surface area (Å²) in [5, 5.41) is 0.539. The fourth-order valence-electron chi connectivity index (χ4n) is 4.22. The summed E-state index contributed by atoms with van der Waals surface area (Å²) >= 11 is 4.65. The zero-order chi connectivity index (χ0) is 24.9. The molecular weight excluding hydrogens is 562 g/mol. The van der Waals surface area contributed by atoms with Gasteiger partial charge in [-0.25, -0.2) is 4.98 Å². The summed E-state index contributed by atoms with van der Waals surface area (Å²) in [6.07, 6.45) is 1.24. The number of aromatic nitrogens is 3. The normalized spacial score (nSPS) is 11.8. The second-order valence-electron chi connectivity index (χ2n) is 8.37. The summed E-state index contributed by atoms with van der Waals surface area (Å²) < 4.78 is 6.99. The molecule has 0 radical (unpaired) electrons. The summed E-state index contributed by atoms with van der Waals surface area (Å²) in [5.41, 5.74) is 7.94. The molecule has 36 heavy (non-hydrogen) atoms. The molecule has 4 rings (SSSR count). The van der Waals surface area contributed by atoms with Crippen molar-refractivity contribution in [3.05, 3.63) is 92.1 Å². The molecule has 2 aromatic heterocycles. The van der Waals surface area contributed by atoms with Crippen LogP contribution in [0.3, 0.4) is 0 Å². The maximum absolute atomic E-state index is 13.7. The molecule has 0 aliphatic rings. The van der Waals surface area contributed by atoms with E-state index in [1.807, 2.05) is 56.3 Å². The Morgan fingerprint density at radius 3 is 2.53 bits per heavy atom. The number of benzene rings is 2. The van der Waals surface area contributed by atoms with Crippen molar-refractivity contribution in [1.82, 2.24) is 18.8 Å². The number of amides is 1. The number of nitrogens with zero attached hydrogens (tertiary/aromatic N) is 4. The topological polar surface area (TPSA) is 94.1 Å². The number of carbonyl (C=O) groups excluding carboxylic acids is 1. The van der Waals surface area contributed by atoms with Crippen molar-refractivity contribution in [1.29, 1.82) is 0 Å². The minimum absolute atomic E-state index is 0. The van der Waals surface area contributed by atoms with Gasteiger partial charge in [0.2, 0.25) is 0 Å². The maximum Gasteiger partial charge on any atom is 1.00 e. The average Bonchev–Trinajstić information content (AvgIpc) is 3.25. The Labute approximate surface area is 230 Å². The van der Waals surface area contributed by atoms with Gasteiger partial charge in [0.1, 0.15) is 5.82 Å². The monoisotopic (exact) mass is 589 g/mol. The molecule has 0 aliphatic heterocycles. The lowest BCUT2D eigenvalue weighted by molar-refractivity contribution is -0.0000181. The van der Waals surface area contributed by atoms with Crippen molar-refractivity contribution >= 4 is 43.6 Å². The predicted octanol–water partition coefficient (Wildman–Crippen LogP) is 2.03. The summed E-state index contributed by atoms with van der Waals surface area (Å²) in [5.74, 6) is 0.457. The van der Waals surface area contributed by atoms with E-state index in [4.69, 9.17) is 10.7 Å². The molecule has 0 fully saturated rings. The van der Waals surface area contributed by atoms with E-state index < -0.39 is 6.04 Å². The minimum Gasteiger partial charge on any atom is -1.00 e. The van der Waals surface area contributed by atoms with E-state index >= 15 is 0 Å². The number of fused-ring (bicyclic) bond motifs is 1. The number of carbonyl (C=O) groups is 1. The van der Waals surface area contributed by atoms with Crippen LogP contribution in [-0.2, 0) is 6.54 Å². The van der Waals surface area contributed by atoms with E-state index in [9.17, 15) is 9.59 Å². The molecule has 4 aromatic rings. The van der Waals surface area contributed by atoms with Crippen LogP contribution in [0.25, 0.3) is 10.2 Å². The van der Waals surface area contributed by atoms with Gasteiger partial charge in [-0.15, -0.1) is 0 Å². The van der Waals surface area contributed by atoms with Gasteiger partial charge in [-0.3, -0.25) is 14.2 Å². The number of halogens is 2. The fraction of sp³-hybridized carbons (Fsp3) is 0.308. The lowest BCUT2D eigenvalue weighted by Crippen LogP contribution is -3.00. The third-order valence-electron chi connectivity index (χ3n) is 6.00. The Bertz CT molecular complexity index is 1380. The van der Waals surface area contributed by atoms with Crippen molar-refractivity contribution < 1.29 is 18.6 Å². The highest BCUT2D eigenvalue weighted by atomic mass is 79.9. The van der Waals surface area contributed by atoms with Gasteiger partial charge in [-0.1, -0.05) is 53.2 Å². The number of rotatable bonds is 9. The molecule has 0 bridgehead atoms. The Hall–Kier alpha value is -2.59. The summed E-state index contributed by atoms with van der Waals surface area (Å²) in [6, 6.07) is 16.7. The molecule has 1 amide bonds. The van der Waals surface area contributed by atoms with Crippen LogP contribution in [0.1, 0.15) is 54.7 Å². The Morgan fingerprint density at radius 1 is 1.19 bits per heavy atom. The Kier molecular flexibility index (Phi) is 9.78. The summed E-state index contributed by atoms with van der Waals surface area (Å²) in [7, 11) is 0. The van der Waals surface area contributed by atoms with E-state index in [-0.39, 0.29) is 25.3 Å². The highest BCUT2D eigenvalue weighted by molar-refractivity contribution is 9.10. The highest BCUT2D eigenvalue weighted by Crippen LogP contribution is 2.28. The van der Waals surface area contributed by atoms with E-state index in [2.05, 4.69) is 20.3 Å². The molecule has 0 spiro atoms. The summed E-state index contributed by atoms with van der Waals surface area (Å²) in [4.78, 5) is 34.8. The number of hydrogen-bond acceptors (Lipinski definition) is 6. The van der Waals surface area contributed by atoms with Gasteiger partial charge in [-0.2, -0.15) is 4.37 Å². The molecule has 10 heteroatoms. The fourth-order valence-corrected chi connectivity index (χ4v) is 5.26. The predicted molar refractivity (Wildman–Crippen MR) is 145 cm³/mol. The first-order chi connectivity index (χ1) is 16.9. The second kappa shape index (κ2) is 12.6. The van der Waals surface area contributed by atoms with Crippen LogP contribution in [-0.4, -0.2) is 37.8 Å². The van der Waals surface area contributed by atoms with Crippen LogP contribution >= 0.6 is 27.5 Å². The highest BCUT2D eigenvalue weighted by Gasteiger charge is 2.29. The first-order valence-electron chi connectivity index (χ1n) is 11.6. The summed E-state index contributed by atoms with van der Waals surface area (Å²) in [6.45, 7) is 5.12. The number of hydrogen-bond donors (Lipinski definition) is 1. The second-order valence-corrected chi connectivity index (χ2v) is 10.0. The molecule has 190 valence electrons. The molecule has 2 N–H and O–H groups in total. The smallest absolute Gasteiger partial charge is 1.00 e. The van der Waals surface area contributed by atoms with Crippen LogP contribution in [0.2, 0.25) is 0 Å². The largest absolute Gasteiger partial charge is 1.00 e. The quantitative estimate of drug-likeness (QED) is 0.322. The van der Waals surface area contributed by atoms with E-state index in [0.717, 1.165) is 10.0 Å². The minimum atomic E-state index is -0.402. The van der Waals surface area contributed by atoms with Crippen LogP contribution in [0.4, 0.5) is 0 Å².